The van der Waals surface area contributed by atoms with Crippen LogP contribution in [0.25, 0.3) is 0 Å². The van der Waals surface area contributed by atoms with Crippen molar-refractivity contribution in [2.24, 2.45) is 5.92 Å². The summed E-state index contributed by atoms with van der Waals surface area (Å²) in [5, 5.41) is 10.6. The van der Waals surface area contributed by atoms with Gasteiger partial charge in [-0.15, -0.1) is 0 Å². The minimum atomic E-state index is -4.96. The summed E-state index contributed by atoms with van der Waals surface area (Å²) < 4.78 is 68.5. The van der Waals surface area contributed by atoms with E-state index in [0.717, 1.165) is 95.8 Å². The van der Waals surface area contributed by atoms with Crippen LogP contribution in [-0.2, 0) is 65.4 Å². The lowest BCUT2D eigenvalue weighted by Gasteiger charge is -2.21. The fraction of sp³-hybridized carbons (Fsp3) is 0.947. The second-order valence-corrected chi connectivity index (χ2v) is 30.4. The van der Waals surface area contributed by atoms with E-state index < -0.39 is 97.5 Å². The lowest BCUT2D eigenvalue weighted by Crippen LogP contribution is -2.30. The molecule has 0 amide bonds. The molecule has 0 aliphatic carbocycles. The van der Waals surface area contributed by atoms with E-state index >= 15 is 0 Å². The molecule has 3 N–H and O–H groups in total. The van der Waals surface area contributed by atoms with Crippen LogP contribution in [0.4, 0.5) is 0 Å². The standard InChI is InChI=1S/C75H146O17P2/c1-6-9-12-15-18-21-24-25-27-31-35-39-44-49-54-59-73(78)86-65-71(92-75(80)61-56-51-46-41-36-32-29-26-28-30-34-37-42-47-52-57-68(4)5)67-90-94(83,84)88-63-69(76)62-87-93(81,82)89-66-70(64-85-72(77)58-53-48-43-38-23-20-17-14-11-8-3)91-74(79)60-55-50-45-40-33-22-19-16-13-10-7-2/h68-71,76H,6-67H2,1-5H3,(H,81,82)(H,83,84)/t69-,70+,71+/m0/s1. The third-order valence-electron chi connectivity index (χ3n) is 17.5. The number of aliphatic hydroxyl groups excluding tert-OH is 1. The number of phosphoric ester groups is 2. The molecule has 558 valence electrons. The Bertz CT molecular complexity index is 1810. The van der Waals surface area contributed by atoms with E-state index in [9.17, 15) is 43.2 Å². The van der Waals surface area contributed by atoms with E-state index in [2.05, 4.69) is 34.6 Å². The number of unbranched alkanes of at least 4 members (excludes halogenated alkanes) is 47. The van der Waals surface area contributed by atoms with Crippen molar-refractivity contribution in [2.75, 3.05) is 39.6 Å². The first-order valence-corrected chi connectivity index (χ1v) is 42.1. The molecular weight excluding hydrogens is 1230 g/mol. The third kappa shape index (κ3) is 68.6. The Morgan fingerprint density at radius 1 is 0.287 bits per heavy atom. The molecule has 0 bridgehead atoms. The SMILES string of the molecule is CCCCCCCCCCCCCCCCCC(=O)OC[C@H](COP(=O)(O)OC[C@@H](O)COP(=O)(O)OC[C@@H](COC(=O)CCCCCCCCCCCC)OC(=O)CCCCCCCCCCCCC)OC(=O)CCCCCCCCCCCCCCCCCC(C)C. The van der Waals surface area contributed by atoms with Gasteiger partial charge >= 0.3 is 39.5 Å². The minimum absolute atomic E-state index is 0.107. The molecule has 0 aliphatic rings. The van der Waals surface area contributed by atoms with E-state index in [4.69, 9.17) is 37.0 Å². The number of ether oxygens (including phenoxy) is 4. The molecule has 0 aromatic rings. The van der Waals surface area contributed by atoms with Gasteiger partial charge in [-0.3, -0.25) is 37.3 Å². The van der Waals surface area contributed by atoms with Gasteiger partial charge in [0.1, 0.15) is 19.3 Å². The molecule has 0 aromatic carbocycles. The Morgan fingerprint density at radius 3 is 0.723 bits per heavy atom. The Labute approximate surface area is 575 Å². The molecule has 0 radical (unpaired) electrons. The van der Waals surface area contributed by atoms with Crippen LogP contribution in [0.1, 0.15) is 394 Å². The van der Waals surface area contributed by atoms with Crippen LogP contribution in [0.3, 0.4) is 0 Å². The molecule has 0 rings (SSSR count). The lowest BCUT2D eigenvalue weighted by molar-refractivity contribution is -0.161. The average molecular weight is 1380 g/mol. The van der Waals surface area contributed by atoms with Gasteiger partial charge in [0.2, 0.25) is 0 Å². The van der Waals surface area contributed by atoms with Gasteiger partial charge in [-0.2, -0.15) is 0 Å². The highest BCUT2D eigenvalue weighted by Gasteiger charge is 2.30. The predicted molar refractivity (Wildman–Crippen MR) is 382 cm³/mol. The third-order valence-corrected chi connectivity index (χ3v) is 19.4. The molecule has 2 unspecified atom stereocenters. The highest BCUT2D eigenvalue weighted by molar-refractivity contribution is 7.47. The van der Waals surface area contributed by atoms with Crippen LogP contribution >= 0.6 is 15.6 Å². The Kier molecular flexibility index (Phi) is 66.8. The number of carbonyl (C=O) groups is 4. The monoisotopic (exact) mass is 1380 g/mol. The zero-order chi connectivity index (χ0) is 69.1. The molecule has 94 heavy (non-hydrogen) atoms. The van der Waals surface area contributed by atoms with Gasteiger partial charge in [0.05, 0.1) is 26.4 Å². The van der Waals surface area contributed by atoms with Crippen LogP contribution in [0.15, 0.2) is 0 Å². The second kappa shape index (κ2) is 68.2. The minimum Gasteiger partial charge on any atom is -0.462 e. The Balaban J connectivity index is 5.23. The summed E-state index contributed by atoms with van der Waals surface area (Å²) >= 11 is 0. The molecule has 0 spiro atoms. The molecule has 5 atom stereocenters. The summed E-state index contributed by atoms with van der Waals surface area (Å²) in [5.41, 5.74) is 0. The summed E-state index contributed by atoms with van der Waals surface area (Å²) in [6.07, 6.45) is 56.7. The maximum absolute atomic E-state index is 13.1. The fourth-order valence-electron chi connectivity index (χ4n) is 11.5. The molecule has 19 heteroatoms. The zero-order valence-corrected chi connectivity index (χ0v) is 62.9. The van der Waals surface area contributed by atoms with Gasteiger partial charge in [-0.25, -0.2) is 9.13 Å². The molecule has 0 fully saturated rings. The van der Waals surface area contributed by atoms with Crippen molar-refractivity contribution in [1.29, 1.82) is 0 Å². The van der Waals surface area contributed by atoms with E-state index in [1.54, 1.807) is 0 Å². The summed E-state index contributed by atoms with van der Waals surface area (Å²) in [5.74, 6) is -1.31. The van der Waals surface area contributed by atoms with Crippen molar-refractivity contribution in [3.63, 3.8) is 0 Å². The quantitative estimate of drug-likeness (QED) is 0.0222. The topological polar surface area (TPSA) is 237 Å². The maximum Gasteiger partial charge on any atom is 0.472 e. The summed E-state index contributed by atoms with van der Waals surface area (Å²) in [6, 6.07) is 0. The van der Waals surface area contributed by atoms with Crippen molar-refractivity contribution in [3.8, 4) is 0 Å². The number of aliphatic hydroxyl groups is 1. The van der Waals surface area contributed by atoms with Gasteiger partial charge in [0, 0.05) is 25.7 Å². The fourth-order valence-corrected chi connectivity index (χ4v) is 13.1. The van der Waals surface area contributed by atoms with Crippen molar-refractivity contribution in [1.82, 2.24) is 0 Å². The second-order valence-electron chi connectivity index (χ2n) is 27.5. The van der Waals surface area contributed by atoms with Crippen molar-refractivity contribution >= 4 is 39.5 Å². The summed E-state index contributed by atoms with van der Waals surface area (Å²) in [6.45, 7) is 7.31. The highest BCUT2D eigenvalue weighted by Crippen LogP contribution is 2.45. The van der Waals surface area contributed by atoms with Crippen molar-refractivity contribution in [3.05, 3.63) is 0 Å². The molecule has 0 aromatic heterocycles. The van der Waals surface area contributed by atoms with Gasteiger partial charge in [0.25, 0.3) is 0 Å². The number of esters is 4. The van der Waals surface area contributed by atoms with Crippen LogP contribution in [0, 0.1) is 5.92 Å². The number of carbonyl (C=O) groups excluding carboxylic acids is 4. The van der Waals surface area contributed by atoms with Crippen molar-refractivity contribution in [2.45, 2.75) is 412 Å². The van der Waals surface area contributed by atoms with E-state index in [1.165, 1.54) is 218 Å². The van der Waals surface area contributed by atoms with Crippen LogP contribution in [-0.4, -0.2) is 96.7 Å². The molecular formula is C75H146O17P2. The number of hydrogen-bond donors (Lipinski definition) is 3. The number of phosphoric acid groups is 2. The van der Waals surface area contributed by atoms with Crippen LogP contribution in [0.2, 0.25) is 0 Å². The first-order chi connectivity index (χ1) is 45.5. The largest absolute Gasteiger partial charge is 0.472 e. The summed E-state index contributed by atoms with van der Waals surface area (Å²) in [7, 11) is -9.91. The first-order valence-electron chi connectivity index (χ1n) is 39.1. The summed E-state index contributed by atoms with van der Waals surface area (Å²) in [4.78, 5) is 72.7. The average Bonchev–Trinajstić information content (AvgIpc) is 1.53. The van der Waals surface area contributed by atoms with Crippen molar-refractivity contribution < 1.29 is 80.2 Å². The van der Waals surface area contributed by atoms with E-state index in [1.807, 2.05) is 0 Å². The first kappa shape index (κ1) is 92.1. The lowest BCUT2D eigenvalue weighted by atomic mass is 10.0. The number of rotatable bonds is 75. The molecule has 0 saturated heterocycles. The van der Waals surface area contributed by atoms with Crippen LogP contribution in [0.5, 0.6) is 0 Å². The Morgan fingerprint density at radius 2 is 0.489 bits per heavy atom. The van der Waals surface area contributed by atoms with E-state index in [0.29, 0.717) is 25.7 Å². The number of hydrogen-bond acceptors (Lipinski definition) is 15. The van der Waals surface area contributed by atoms with E-state index in [-0.39, 0.29) is 25.7 Å². The van der Waals surface area contributed by atoms with Crippen LogP contribution < -0.4 is 0 Å². The molecule has 0 heterocycles. The van der Waals surface area contributed by atoms with Gasteiger partial charge < -0.3 is 33.8 Å². The molecule has 0 saturated carbocycles. The molecule has 0 aliphatic heterocycles. The normalized spacial score (nSPS) is 14.0. The van der Waals surface area contributed by atoms with Gasteiger partial charge in [-0.1, -0.05) is 343 Å². The zero-order valence-electron chi connectivity index (χ0n) is 61.1. The molecule has 17 nitrogen and oxygen atoms in total. The predicted octanol–water partition coefficient (Wildman–Crippen LogP) is 22.1. The van der Waals surface area contributed by atoms with Gasteiger partial charge in [-0.05, 0) is 31.6 Å². The smallest absolute Gasteiger partial charge is 0.462 e. The Hall–Kier alpha value is -1.94. The highest BCUT2D eigenvalue weighted by atomic mass is 31.2. The van der Waals surface area contributed by atoms with Gasteiger partial charge in [0.15, 0.2) is 12.2 Å². The maximum atomic E-state index is 13.1.